The zero-order chi connectivity index (χ0) is 10.6. The molecule has 1 rings (SSSR count). The zero-order valence-electron chi connectivity index (χ0n) is 9.89. The van der Waals surface area contributed by atoms with Crippen molar-refractivity contribution in [2.24, 2.45) is 5.92 Å². The van der Waals surface area contributed by atoms with Crippen LogP contribution in [0.1, 0.15) is 51.9 Å². The van der Waals surface area contributed by atoms with Crippen LogP contribution in [0, 0.1) is 5.92 Å². The first-order valence-electron chi connectivity index (χ1n) is 6.10. The van der Waals surface area contributed by atoms with Gasteiger partial charge in [0, 0.05) is 6.61 Å². The van der Waals surface area contributed by atoms with Crippen LogP contribution in [0.5, 0.6) is 0 Å². The van der Waals surface area contributed by atoms with Gasteiger partial charge in [-0.25, -0.2) is 0 Å². The van der Waals surface area contributed by atoms with Crippen molar-refractivity contribution in [1.82, 2.24) is 5.32 Å². The molecule has 0 aromatic carbocycles. The molecule has 0 unspecified atom stereocenters. The van der Waals surface area contributed by atoms with Gasteiger partial charge in [0.05, 0.1) is 0 Å². The topological polar surface area (TPSA) is 32.3 Å². The van der Waals surface area contributed by atoms with E-state index in [-0.39, 0.29) is 0 Å². The molecule has 86 valence electrons. The van der Waals surface area contributed by atoms with E-state index in [9.17, 15) is 0 Å². The maximum Gasteiger partial charge on any atom is 0.0431 e. The number of nitrogens with one attached hydrogen (secondary N) is 1. The van der Waals surface area contributed by atoms with Crippen LogP contribution >= 0.6 is 0 Å². The third-order valence-corrected chi connectivity index (χ3v) is 2.73. The Bertz CT molecular complexity index is 96.5. The molecule has 0 aromatic rings. The SMILES string of the molecule is CCCCCO.CNCC1CCCC1. The summed E-state index contributed by atoms with van der Waals surface area (Å²) in [4.78, 5) is 0. The molecule has 0 aliphatic heterocycles. The minimum absolute atomic E-state index is 0.355. The summed E-state index contributed by atoms with van der Waals surface area (Å²) in [7, 11) is 2.04. The molecule has 0 radical (unpaired) electrons. The maximum absolute atomic E-state index is 8.20. The van der Waals surface area contributed by atoms with E-state index in [0.29, 0.717) is 6.61 Å². The van der Waals surface area contributed by atoms with Gasteiger partial charge in [0.2, 0.25) is 0 Å². The van der Waals surface area contributed by atoms with Crippen molar-refractivity contribution >= 4 is 0 Å². The van der Waals surface area contributed by atoms with Crippen molar-refractivity contribution in [2.45, 2.75) is 51.9 Å². The van der Waals surface area contributed by atoms with Crippen LogP contribution in [0.4, 0.5) is 0 Å². The van der Waals surface area contributed by atoms with Crippen LogP contribution in [0.3, 0.4) is 0 Å². The molecule has 14 heavy (non-hydrogen) atoms. The van der Waals surface area contributed by atoms with Crippen molar-refractivity contribution in [2.75, 3.05) is 20.2 Å². The Morgan fingerprint density at radius 1 is 1.21 bits per heavy atom. The Hall–Kier alpha value is -0.0800. The Morgan fingerprint density at radius 3 is 2.21 bits per heavy atom. The van der Waals surface area contributed by atoms with Crippen LogP contribution < -0.4 is 5.32 Å². The average Bonchev–Trinajstić information content (AvgIpc) is 2.69. The summed E-state index contributed by atoms with van der Waals surface area (Å²) in [5.74, 6) is 1.000. The quantitative estimate of drug-likeness (QED) is 0.670. The van der Waals surface area contributed by atoms with Crippen LogP contribution in [0.2, 0.25) is 0 Å². The van der Waals surface area contributed by atoms with Gasteiger partial charge < -0.3 is 10.4 Å². The zero-order valence-corrected chi connectivity index (χ0v) is 9.89. The Labute approximate surface area is 89.1 Å². The summed E-state index contributed by atoms with van der Waals surface area (Å²) in [5.41, 5.74) is 0. The second kappa shape index (κ2) is 11.0. The predicted molar refractivity (Wildman–Crippen MR) is 62.5 cm³/mol. The molecule has 0 atom stereocenters. The largest absolute Gasteiger partial charge is 0.396 e. The molecule has 0 amide bonds. The highest BCUT2D eigenvalue weighted by Gasteiger charge is 2.12. The molecular formula is C12H27NO. The van der Waals surface area contributed by atoms with Crippen LogP contribution in [0.15, 0.2) is 0 Å². The van der Waals surface area contributed by atoms with Gasteiger partial charge in [-0.2, -0.15) is 0 Å². The number of aliphatic hydroxyl groups is 1. The number of hydrogen-bond acceptors (Lipinski definition) is 2. The summed E-state index contributed by atoms with van der Waals surface area (Å²) in [6.07, 6.45) is 9.17. The molecule has 1 saturated carbocycles. The molecular weight excluding hydrogens is 174 g/mol. The number of rotatable bonds is 5. The molecule has 1 aliphatic carbocycles. The molecule has 0 bridgehead atoms. The molecule has 2 heteroatoms. The van der Waals surface area contributed by atoms with Gasteiger partial charge >= 0.3 is 0 Å². The molecule has 0 saturated heterocycles. The molecule has 2 N–H and O–H groups in total. The first-order chi connectivity index (χ1) is 6.85. The van der Waals surface area contributed by atoms with Crippen LogP contribution in [0.25, 0.3) is 0 Å². The minimum atomic E-state index is 0.355. The Balaban J connectivity index is 0.000000255. The second-order valence-electron chi connectivity index (χ2n) is 4.14. The number of hydrogen-bond donors (Lipinski definition) is 2. The summed E-state index contributed by atoms with van der Waals surface area (Å²) in [5, 5.41) is 11.4. The molecule has 2 nitrogen and oxygen atoms in total. The van der Waals surface area contributed by atoms with E-state index < -0.39 is 0 Å². The standard InChI is InChI=1S/C7H15N.C5H12O/c1-8-6-7-4-2-3-5-7;1-2-3-4-5-6/h7-8H,2-6H2,1H3;6H,2-5H2,1H3. The number of unbranched alkanes of at least 4 members (excludes halogenated alkanes) is 2. The highest BCUT2D eigenvalue weighted by molar-refractivity contribution is 4.67. The van der Waals surface area contributed by atoms with E-state index >= 15 is 0 Å². The monoisotopic (exact) mass is 201 g/mol. The van der Waals surface area contributed by atoms with Crippen molar-refractivity contribution in [3.05, 3.63) is 0 Å². The van der Waals surface area contributed by atoms with E-state index in [1.165, 1.54) is 38.6 Å². The third-order valence-electron chi connectivity index (χ3n) is 2.73. The van der Waals surface area contributed by atoms with Crippen LogP contribution in [-0.4, -0.2) is 25.3 Å². The first-order valence-corrected chi connectivity index (χ1v) is 6.10. The van der Waals surface area contributed by atoms with E-state index in [2.05, 4.69) is 12.2 Å². The van der Waals surface area contributed by atoms with Gasteiger partial charge in [0.25, 0.3) is 0 Å². The molecule has 0 heterocycles. The van der Waals surface area contributed by atoms with Gasteiger partial charge in [0.1, 0.15) is 0 Å². The summed E-state index contributed by atoms with van der Waals surface area (Å²) >= 11 is 0. The fourth-order valence-corrected chi connectivity index (χ4v) is 1.86. The lowest BCUT2D eigenvalue weighted by Crippen LogP contribution is -2.15. The van der Waals surface area contributed by atoms with E-state index in [1.54, 1.807) is 0 Å². The fraction of sp³-hybridized carbons (Fsp3) is 1.00. The van der Waals surface area contributed by atoms with Gasteiger partial charge in [0.15, 0.2) is 0 Å². The molecule has 0 spiro atoms. The van der Waals surface area contributed by atoms with Crippen LogP contribution in [-0.2, 0) is 0 Å². The normalized spacial score (nSPS) is 16.5. The lowest BCUT2D eigenvalue weighted by atomic mass is 10.1. The Morgan fingerprint density at radius 2 is 1.86 bits per heavy atom. The first kappa shape index (κ1) is 13.9. The highest BCUT2D eigenvalue weighted by Crippen LogP contribution is 2.23. The van der Waals surface area contributed by atoms with Crippen molar-refractivity contribution in [3.63, 3.8) is 0 Å². The van der Waals surface area contributed by atoms with E-state index in [4.69, 9.17) is 5.11 Å². The second-order valence-corrected chi connectivity index (χ2v) is 4.14. The minimum Gasteiger partial charge on any atom is -0.396 e. The van der Waals surface area contributed by atoms with E-state index in [0.717, 1.165) is 18.8 Å². The van der Waals surface area contributed by atoms with Gasteiger partial charge in [-0.1, -0.05) is 32.6 Å². The third kappa shape index (κ3) is 8.52. The van der Waals surface area contributed by atoms with E-state index in [1.807, 2.05) is 7.05 Å². The maximum atomic E-state index is 8.20. The summed E-state index contributed by atoms with van der Waals surface area (Å²) in [6, 6.07) is 0. The smallest absolute Gasteiger partial charge is 0.0431 e. The van der Waals surface area contributed by atoms with Gasteiger partial charge in [-0.15, -0.1) is 0 Å². The van der Waals surface area contributed by atoms with Crippen molar-refractivity contribution in [3.8, 4) is 0 Å². The van der Waals surface area contributed by atoms with Gasteiger partial charge in [-0.05, 0) is 38.8 Å². The summed E-state index contributed by atoms with van der Waals surface area (Å²) in [6.45, 7) is 3.71. The fourth-order valence-electron chi connectivity index (χ4n) is 1.86. The molecule has 1 aliphatic rings. The average molecular weight is 201 g/mol. The lowest BCUT2D eigenvalue weighted by Gasteiger charge is -2.04. The highest BCUT2D eigenvalue weighted by atomic mass is 16.2. The summed E-state index contributed by atoms with van der Waals surface area (Å²) < 4.78 is 0. The van der Waals surface area contributed by atoms with Gasteiger partial charge in [-0.3, -0.25) is 0 Å². The predicted octanol–water partition coefficient (Wildman–Crippen LogP) is 2.56. The van der Waals surface area contributed by atoms with Crippen molar-refractivity contribution < 1.29 is 5.11 Å². The van der Waals surface area contributed by atoms with Crippen molar-refractivity contribution in [1.29, 1.82) is 0 Å². The molecule has 0 aromatic heterocycles. The number of aliphatic hydroxyl groups excluding tert-OH is 1. The Kier molecular flexibility index (Phi) is 10.9. The molecule has 1 fully saturated rings. The lowest BCUT2D eigenvalue weighted by molar-refractivity contribution is 0.284.